The first-order chi connectivity index (χ1) is 11.6. The van der Waals surface area contributed by atoms with E-state index in [-0.39, 0.29) is 11.6 Å². The molecule has 0 aliphatic rings. The quantitative estimate of drug-likeness (QED) is 0.749. The third-order valence-electron chi connectivity index (χ3n) is 3.23. The molecule has 1 aromatic carbocycles. The number of urea groups is 1. The Morgan fingerprint density at radius 3 is 2.54 bits per heavy atom. The zero-order chi connectivity index (χ0) is 17.4. The highest BCUT2D eigenvalue weighted by Crippen LogP contribution is 2.25. The lowest BCUT2D eigenvalue weighted by molar-refractivity contribution is 0.251. The Bertz CT molecular complexity index is 723. The highest BCUT2D eigenvalue weighted by Gasteiger charge is 2.05. The van der Waals surface area contributed by atoms with Gasteiger partial charge in [0.05, 0.1) is 14.2 Å². The average Bonchev–Trinajstić information content (AvgIpc) is 2.59. The molecule has 2 rings (SSSR count). The van der Waals surface area contributed by atoms with Crippen molar-refractivity contribution in [2.24, 2.45) is 0 Å². The van der Waals surface area contributed by atoms with Crippen LogP contribution in [0.2, 0.25) is 0 Å². The number of aromatic nitrogens is 2. The monoisotopic (exact) mass is 332 g/mol. The number of aryl methyl sites for hydroxylation is 1. The minimum Gasteiger partial charge on any atom is -0.497 e. The number of nitrogens with zero attached hydrogens (tertiary/aromatic N) is 2. The van der Waals surface area contributed by atoms with E-state index in [1.807, 2.05) is 0 Å². The Labute approximate surface area is 139 Å². The van der Waals surface area contributed by atoms with Gasteiger partial charge in [-0.05, 0) is 12.5 Å². The maximum atomic E-state index is 11.9. The number of rotatable bonds is 7. The van der Waals surface area contributed by atoms with Gasteiger partial charge >= 0.3 is 6.03 Å². The van der Waals surface area contributed by atoms with Crippen LogP contribution in [0.5, 0.6) is 11.5 Å². The van der Waals surface area contributed by atoms with Gasteiger partial charge < -0.3 is 20.1 Å². The molecule has 0 saturated carbocycles. The smallest absolute Gasteiger partial charge is 0.319 e. The molecule has 24 heavy (non-hydrogen) atoms. The van der Waals surface area contributed by atoms with E-state index in [0.717, 1.165) is 0 Å². The highest BCUT2D eigenvalue weighted by atomic mass is 16.5. The minimum atomic E-state index is -0.348. The largest absolute Gasteiger partial charge is 0.497 e. The molecule has 2 amide bonds. The Hall–Kier alpha value is -3.03. The Morgan fingerprint density at radius 1 is 1.21 bits per heavy atom. The van der Waals surface area contributed by atoms with Gasteiger partial charge in [-0.15, -0.1) is 0 Å². The Kier molecular flexibility index (Phi) is 6.18. The fraction of sp³-hybridized carbons (Fsp3) is 0.312. The molecule has 1 aromatic heterocycles. The molecule has 0 spiro atoms. The molecule has 0 unspecified atom stereocenters. The van der Waals surface area contributed by atoms with Crippen molar-refractivity contribution in [3.05, 3.63) is 46.9 Å². The van der Waals surface area contributed by atoms with Crippen LogP contribution < -0.4 is 25.7 Å². The first-order valence-corrected chi connectivity index (χ1v) is 7.42. The summed E-state index contributed by atoms with van der Waals surface area (Å²) < 4.78 is 11.6. The fourth-order valence-electron chi connectivity index (χ4n) is 2.04. The van der Waals surface area contributed by atoms with E-state index in [1.54, 1.807) is 30.5 Å². The number of carbonyl (C=O) groups is 1. The van der Waals surface area contributed by atoms with E-state index < -0.39 is 0 Å². The van der Waals surface area contributed by atoms with Gasteiger partial charge in [0.2, 0.25) is 0 Å². The van der Waals surface area contributed by atoms with Gasteiger partial charge in [0.1, 0.15) is 11.5 Å². The topological polar surface area (TPSA) is 94.5 Å². The van der Waals surface area contributed by atoms with Crippen LogP contribution in [0.1, 0.15) is 6.42 Å². The van der Waals surface area contributed by atoms with Crippen LogP contribution in [-0.4, -0.2) is 36.6 Å². The highest BCUT2D eigenvalue weighted by molar-refractivity contribution is 5.89. The molecular weight excluding hydrogens is 312 g/mol. The van der Waals surface area contributed by atoms with Crippen LogP contribution in [0, 0.1) is 0 Å². The van der Waals surface area contributed by atoms with Crippen molar-refractivity contribution in [3.63, 3.8) is 0 Å². The zero-order valence-electron chi connectivity index (χ0n) is 13.6. The molecule has 0 saturated heterocycles. The van der Waals surface area contributed by atoms with E-state index in [4.69, 9.17) is 9.47 Å². The molecule has 2 N–H and O–H groups in total. The lowest BCUT2D eigenvalue weighted by Crippen LogP contribution is -2.31. The van der Waals surface area contributed by atoms with Crippen molar-refractivity contribution in [2.45, 2.75) is 13.0 Å². The second-order valence-electron chi connectivity index (χ2n) is 4.92. The number of nitrogens with one attached hydrogen (secondary N) is 2. The summed E-state index contributed by atoms with van der Waals surface area (Å²) in [6, 6.07) is 7.79. The minimum absolute atomic E-state index is 0.162. The fourth-order valence-corrected chi connectivity index (χ4v) is 2.04. The molecule has 128 valence electrons. The van der Waals surface area contributed by atoms with Gasteiger partial charge in [-0.1, -0.05) is 0 Å². The standard InChI is InChI=1S/C16H20N4O4/c1-23-13-9-12(10-14(11-13)24-2)19-16(22)17-6-4-8-20-15(21)5-3-7-18-20/h3,5,7,9-11H,4,6,8H2,1-2H3,(H2,17,19,22). The molecule has 0 atom stereocenters. The molecule has 0 bridgehead atoms. The predicted molar refractivity (Wildman–Crippen MR) is 89.7 cm³/mol. The van der Waals surface area contributed by atoms with Crippen molar-refractivity contribution in [1.82, 2.24) is 15.1 Å². The number of ether oxygens (including phenoxy) is 2. The summed E-state index contributed by atoms with van der Waals surface area (Å²) in [5, 5.41) is 9.38. The summed E-state index contributed by atoms with van der Waals surface area (Å²) in [6.45, 7) is 0.850. The van der Waals surface area contributed by atoms with Crippen molar-refractivity contribution in [1.29, 1.82) is 0 Å². The van der Waals surface area contributed by atoms with Crippen LogP contribution >= 0.6 is 0 Å². The van der Waals surface area contributed by atoms with Crippen LogP contribution in [0.25, 0.3) is 0 Å². The molecule has 8 heteroatoms. The lowest BCUT2D eigenvalue weighted by Gasteiger charge is -2.11. The molecular formula is C16H20N4O4. The van der Waals surface area contributed by atoms with Gasteiger partial charge in [-0.25, -0.2) is 9.48 Å². The van der Waals surface area contributed by atoms with E-state index in [0.29, 0.717) is 36.7 Å². The van der Waals surface area contributed by atoms with E-state index in [2.05, 4.69) is 15.7 Å². The van der Waals surface area contributed by atoms with Crippen molar-refractivity contribution in [2.75, 3.05) is 26.1 Å². The third-order valence-corrected chi connectivity index (χ3v) is 3.23. The number of benzene rings is 1. The first kappa shape index (κ1) is 17.3. The summed E-state index contributed by atoms with van der Waals surface area (Å²) in [4.78, 5) is 23.4. The van der Waals surface area contributed by atoms with Crippen molar-refractivity contribution >= 4 is 11.7 Å². The Morgan fingerprint density at radius 2 is 1.92 bits per heavy atom. The van der Waals surface area contributed by atoms with Gasteiger partial charge in [-0.2, -0.15) is 5.10 Å². The van der Waals surface area contributed by atoms with E-state index >= 15 is 0 Å². The average molecular weight is 332 g/mol. The normalized spacial score (nSPS) is 10.1. The number of carbonyl (C=O) groups excluding carboxylic acids is 1. The number of methoxy groups -OCH3 is 2. The van der Waals surface area contributed by atoms with Crippen LogP contribution in [-0.2, 0) is 6.54 Å². The van der Waals surface area contributed by atoms with Gasteiger partial charge in [0.25, 0.3) is 5.56 Å². The van der Waals surface area contributed by atoms with Crippen molar-refractivity contribution < 1.29 is 14.3 Å². The second-order valence-corrected chi connectivity index (χ2v) is 4.92. The predicted octanol–water partition coefficient (Wildman–Crippen LogP) is 1.47. The summed E-state index contributed by atoms with van der Waals surface area (Å²) >= 11 is 0. The Balaban J connectivity index is 1.81. The molecule has 0 fully saturated rings. The molecule has 0 aliphatic heterocycles. The number of hydrogen-bond acceptors (Lipinski definition) is 5. The third kappa shape index (κ3) is 5.01. The lowest BCUT2D eigenvalue weighted by atomic mass is 10.3. The molecule has 0 aliphatic carbocycles. The molecule has 1 heterocycles. The van der Waals surface area contributed by atoms with Crippen LogP contribution in [0.4, 0.5) is 10.5 Å². The summed E-state index contributed by atoms with van der Waals surface area (Å²) in [5.41, 5.74) is 0.398. The zero-order valence-corrected chi connectivity index (χ0v) is 13.6. The maximum Gasteiger partial charge on any atom is 0.319 e. The summed E-state index contributed by atoms with van der Waals surface area (Å²) in [7, 11) is 3.08. The van der Waals surface area contributed by atoms with Crippen molar-refractivity contribution in [3.8, 4) is 11.5 Å². The summed E-state index contributed by atoms with van der Waals surface area (Å²) in [6.07, 6.45) is 2.14. The van der Waals surface area contributed by atoms with Gasteiger partial charge in [0.15, 0.2) is 0 Å². The number of hydrogen-bond donors (Lipinski definition) is 2. The van der Waals surface area contributed by atoms with Gasteiger partial charge in [0, 0.05) is 49.2 Å². The van der Waals surface area contributed by atoms with Crippen LogP contribution in [0.15, 0.2) is 41.3 Å². The van der Waals surface area contributed by atoms with E-state index in [9.17, 15) is 9.59 Å². The first-order valence-electron chi connectivity index (χ1n) is 7.42. The summed E-state index contributed by atoms with van der Waals surface area (Å²) in [5.74, 6) is 1.17. The molecule has 8 nitrogen and oxygen atoms in total. The van der Waals surface area contributed by atoms with Gasteiger partial charge in [-0.3, -0.25) is 4.79 Å². The second kappa shape index (κ2) is 8.56. The maximum absolute atomic E-state index is 11.9. The SMILES string of the molecule is COc1cc(NC(=O)NCCCn2ncccc2=O)cc(OC)c1. The van der Waals surface area contributed by atoms with Crippen LogP contribution in [0.3, 0.4) is 0 Å². The molecule has 0 radical (unpaired) electrons. The van der Waals surface area contributed by atoms with E-state index in [1.165, 1.54) is 25.0 Å². The number of amides is 2. The molecule has 2 aromatic rings. The number of anilines is 1.